The molecule has 0 unspecified atom stereocenters. The van der Waals surface area contributed by atoms with Crippen LogP contribution in [-0.2, 0) is 10.0 Å². The molecule has 1 aliphatic carbocycles. The van der Waals surface area contributed by atoms with E-state index in [2.05, 4.69) is 19.7 Å². The summed E-state index contributed by atoms with van der Waals surface area (Å²) < 4.78 is 28.7. The average Bonchev–Trinajstić information content (AvgIpc) is 2.81. The van der Waals surface area contributed by atoms with Gasteiger partial charge in [-0.05, 0) is 49.9 Å². The molecule has 4 N–H and O–H groups in total. The molecule has 1 aromatic carbocycles. The maximum atomic E-state index is 13.0. The van der Waals surface area contributed by atoms with E-state index in [4.69, 9.17) is 17.3 Å². The van der Waals surface area contributed by atoms with E-state index in [0.29, 0.717) is 36.8 Å². The van der Waals surface area contributed by atoms with Crippen LogP contribution < -0.4 is 10.5 Å². The summed E-state index contributed by atoms with van der Waals surface area (Å²) in [6, 6.07) is 7.37. The number of nitrogens with one attached hydrogen (secondary N) is 1. The van der Waals surface area contributed by atoms with E-state index < -0.39 is 21.9 Å². The van der Waals surface area contributed by atoms with E-state index in [-0.39, 0.29) is 33.2 Å². The summed E-state index contributed by atoms with van der Waals surface area (Å²) in [7, 11) is -3.93. The number of nitrogens with two attached hydrogens (primary N) is 1. The zero-order valence-corrected chi connectivity index (χ0v) is 19.1. The third kappa shape index (κ3) is 5.19. The fourth-order valence-corrected chi connectivity index (χ4v) is 5.51. The van der Waals surface area contributed by atoms with Gasteiger partial charge in [0.15, 0.2) is 11.5 Å². The van der Waals surface area contributed by atoms with Crippen molar-refractivity contribution >= 4 is 33.2 Å². The van der Waals surface area contributed by atoms with Crippen LogP contribution in [0.2, 0.25) is 5.02 Å². The highest BCUT2D eigenvalue weighted by molar-refractivity contribution is 7.89. The summed E-state index contributed by atoms with van der Waals surface area (Å²) >= 11 is 6.22. The highest BCUT2D eigenvalue weighted by Crippen LogP contribution is 2.29. The van der Waals surface area contributed by atoms with Crippen molar-refractivity contribution in [3.63, 3.8) is 0 Å². The van der Waals surface area contributed by atoms with Crippen molar-refractivity contribution < 1.29 is 18.3 Å². The first-order valence-electron chi connectivity index (χ1n) is 10.3. The fourth-order valence-electron chi connectivity index (χ4n) is 3.68. The first-order chi connectivity index (χ1) is 15.7. The van der Waals surface area contributed by atoms with Crippen molar-refractivity contribution in [2.24, 2.45) is 0 Å². The Kier molecular flexibility index (Phi) is 6.71. The third-order valence-electron chi connectivity index (χ3n) is 5.47. The van der Waals surface area contributed by atoms with E-state index >= 15 is 0 Å². The molecular formula is C22H22ClN5O4S. The van der Waals surface area contributed by atoms with E-state index in [1.54, 1.807) is 24.4 Å². The lowest BCUT2D eigenvalue weighted by molar-refractivity contribution is 0.103. The Balaban J connectivity index is 1.66. The predicted octanol–water partition coefficient (Wildman–Crippen LogP) is 2.59. The number of anilines is 1. The molecule has 1 fully saturated rings. The minimum Gasteiger partial charge on any atom is -0.393 e. The quantitative estimate of drug-likeness (QED) is 0.449. The van der Waals surface area contributed by atoms with Crippen LogP contribution in [0.25, 0.3) is 11.3 Å². The maximum Gasteiger partial charge on any atom is 0.242 e. The number of carbonyl (C=O) groups excluding carboxylic acids is 1. The molecule has 2 aromatic heterocycles. The number of aliphatic hydroxyl groups is 1. The van der Waals surface area contributed by atoms with Gasteiger partial charge in [-0.1, -0.05) is 17.7 Å². The molecule has 2 heterocycles. The van der Waals surface area contributed by atoms with Crippen molar-refractivity contribution in [3.8, 4) is 11.3 Å². The van der Waals surface area contributed by atoms with Crippen LogP contribution in [0.4, 0.5) is 5.82 Å². The first-order valence-corrected chi connectivity index (χ1v) is 12.2. The normalized spacial score (nSPS) is 18.7. The number of benzene rings is 1. The first kappa shape index (κ1) is 23.2. The van der Waals surface area contributed by atoms with Crippen molar-refractivity contribution in [1.82, 2.24) is 19.7 Å². The number of rotatable bonds is 6. The fraction of sp³-hybridized carbons (Fsp3) is 0.273. The van der Waals surface area contributed by atoms with E-state index in [9.17, 15) is 18.3 Å². The molecule has 0 spiro atoms. The summed E-state index contributed by atoms with van der Waals surface area (Å²) in [4.78, 5) is 25.0. The van der Waals surface area contributed by atoms with Gasteiger partial charge < -0.3 is 10.8 Å². The van der Waals surface area contributed by atoms with Crippen molar-refractivity contribution in [2.45, 2.75) is 42.7 Å². The molecule has 3 aromatic rings. The number of pyridine rings is 1. The van der Waals surface area contributed by atoms with E-state index in [0.717, 1.165) is 0 Å². The second-order valence-corrected chi connectivity index (χ2v) is 9.92. The molecule has 172 valence electrons. The van der Waals surface area contributed by atoms with Crippen molar-refractivity contribution in [1.29, 1.82) is 0 Å². The number of ketones is 1. The van der Waals surface area contributed by atoms with Gasteiger partial charge in [0.2, 0.25) is 15.8 Å². The number of sulfonamides is 1. The SMILES string of the molecule is Nc1ncc(-c2ccc(Cl)c(S(=O)(=O)N[C@H]3CC[C@H](O)CC3)c2)nc1C(=O)c1cccnc1. The topological polar surface area (TPSA) is 148 Å². The third-order valence-corrected chi connectivity index (χ3v) is 7.48. The largest absolute Gasteiger partial charge is 0.393 e. The summed E-state index contributed by atoms with van der Waals surface area (Å²) in [6.45, 7) is 0. The molecule has 33 heavy (non-hydrogen) atoms. The molecule has 0 amide bonds. The van der Waals surface area contributed by atoms with Crippen molar-refractivity contribution in [3.05, 3.63) is 65.2 Å². The van der Waals surface area contributed by atoms with Gasteiger partial charge in [-0.25, -0.2) is 23.1 Å². The molecule has 4 rings (SSSR count). The Morgan fingerprint density at radius 2 is 1.91 bits per heavy atom. The average molecular weight is 488 g/mol. The second-order valence-electron chi connectivity index (χ2n) is 7.83. The van der Waals surface area contributed by atoms with Gasteiger partial charge in [0.1, 0.15) is 4.90 Å². The van der Waals surface area contributed by atoms with Crippen LogP contribution in [0.15, 0.2) is 53.8 Å². The number of nitrogen functional groups attached to an aromatic ring is 1. The standard InChI is InChI=1S/C22H22ClN5O4S/c23-17-8-3-13(10-19(17)33(31,32)28-15-4-6-16(29)7-5-15)18-12-26-22(24)20(27-18)21(30)14-2-1-9-25-11-14/h1-3,8-12,15-16,28-29H,4-7H2,(H2,24,26)/t15-,16-. The number of carbonyl (C=O) groups is 1. The lowest BCUT2D eigenvalue weighted by Crippen LogP contribution is -2.38. The lowest BCUT2D eigenvalue weighted by Gasteiger charge is -2.26. The number of aromatic nitrogens is 3. The molecule has 0 radical (unpaired) electrons. The molecule has 11 heteroatoms. The summed E-state index contributed by atoms with van der Waals surface area (Å²) in [5.74, 6) is -0.492. The van der Waals surface area contributed by atoms with Gasteiger partial charge >= 0.3 is 0 Å². The number of hydrogen-bond donors (Lipinski definition) is 3. The van der Waals surface area contributed by atoms with Gasteiger partial charge in [-0.2, -0.15) is 0 Å². The Labute approximate surface area is 196 Å². The van der Waals surface area contributed by atoms with Gasteiger partial charge in [0, 0.05) is 29.6 Å². The molecular weight excluding hydrogens is 466 g/mol. The van der Waals surface area contributed by atoms with Gasteiger partial charge in [0.25, 0.3) is 0 Å². The van der Waals surface area contributed by atoms with Gasteiger partial charge in [-0.15, -0.1) is 0 Å². The Bertz CT molecular complexity index is 1280. The molecule has 1 saturated carbocycles. The molecule has 1 aliphatic rings. The summed E-state index contributed by atoms with van der Waals surface area (Å²) in [5, 5.41) is 9.71. The number of nitrogens with zero attached hydrogens (tertiary/aromatic N) is 3. The Morgan fingerprint density at radius 1 is 1.15 bits per heavy atom. The van der Waals surface area contributed by atoms with Crippen LogP contribution in [0.1, 0.15) is 41.7 Å². The molecule has 0 saturated heterocycles. The maximum absolute atomic E-state index is 13.0. The van der Waals surface area contributed by atoms with E-state index in [1.807, 2.05) is 0 Å². The minimum absolute atomic E-state index is 0.0458. The molecule has 9 nitrogen and oxygen atoms in total. The molecule has 0 atom stereocenters. The molecule has 0 bridgehead atoms. The summed E-state index contributed by atoms with van der Waals surface area (Å²) in [6.07, 6.45) is 6.07. The summed E-state index contributed by atoms with van der Waals surface area (Å²) in [5.41, 5.74) is 6.81. The highest BCUT2D eigenvalue weighted by atomic mass is 35.5. The number of hydrogen-bond acceptors (Lipinski definition) is 8. The Morgan fingerprint density at radius 3 is 2.61 bits per heavy atom. The van der Waals surface area contributed by atoms with Gasteiger partial charge in [-0.3, -0.25) is 9.78 Å². The zero-order valence-electron chi connectivity index (χ0n) is 17.5. The zero-order chi connectivity index (χ0) is 23.6. The number of halogens is 1. The highest BCUT2D eigenvalue weighted by Gasteiger charge is 2.27. The van der Waals surface area contributed by atoms with E-state index in [1.165, 1.54) is 24.5 Å². The van der Waals surface area contributed by atoms with Crippen molar-refractivity contribution in [2.75, 3.05) is 5.73 Å². The van der Waals surface area contributed by atoms with Crippen LogP contribution in [0, 0.1) is 0 Å². The number of aliphatic hydroxyl groups excluding tert-OH is 1. The monoisotopic (exact) mass is 487 g/mol. The van der Waals surface area contributed by atoms with Gasteiger partial charge in [0.05, 0.1) is 23.0 Å². The lowest BCUT2D eigenvalue weighted by atomic mass is 9.94. The Hall–Kier alpha value is -2.92. The molecule has 0 aliphatic heterocycles. The minimum atomic E-state index is -3.93. The van der Waals surface area contributed by atoms with Crippen LogP contribution in [-0.4, -0.2) is 46.4 Å². The van der Waals surface area contributed by atoms with Crippen LogP contribution >= 0.6 is 11.6 Å². The second kappa shape index (κ2) is 9.52. The smallest absolute Gasteiger partial charge is 0.242 e. The predicted molar refractivity (Wildman–Crippen MR) is 123 cm³/mol. The van der Waals surface area contributed by atoms with Crippen LogP contribution in [0.5, 0.6) is 0 Å². The van der Waals surface area contributed by atoms with Crippen LogP contribution in [0.3, 0.4) is 0 Å².